The highest BCUT2D eigenvalue weighted by Crippen LogP contribution is 2.05. The summed E-state index contributed by atoms with van der Waals surface area (Å²) in [5, 5.41) is 0.502. The molecule has 0 aromatic heterocycles. The molecular formula is C5H10S. The van der Waals surface area contributed by atoms with Crippen molar-refractivity contribution < 1.29 is 0 Å². The Hall–Kier alpha value is 0.350. The molecule has 1 atom stereocenters. The van der Waals surface area contributed by atoms with Gasteiger partial charge in [-0.1, -0.05) is 6.92 Å². The lowest BCUT2D eigenvalue weighted by Crippen LogP contribution is -1.85. The fourth-order valence-electron chi connectivity index (χ4n) is 0.201. The first-order chi connectivity index (χ1) is 2.77. The third kappa shape index (κ3) is 4.35. The summed E-state index contributed by atoms with van der Waals surface area (Å²) in [5.74, 6) is 0.935. The predicted molar refractivity (Wildman–Crippen MR) is 32.6 cm³/mol. The van der Waals surface area contributed by atoms with Crippen molar-refractivity contribution in [3.05, 3.63) is 13.8 Å². The molecule has 0 N–H and O–H groups in total. The van der Waals surface area contributed by atoms with Crippen LogP contribution in [0.2, 0.25) is 0 Å². The second-order valence-electron chi connectivity index (χ2n) is 1.18. The van der Waals surface area contributed by atoms with Gasteiger partial charge >= 0.3 is 0 Å². The fourth-order valence-corrected chi connectivity index (χ4v) is 0.604. The summed E-state index contributed by atoms with van der Waals surface area (Å²) in [6, 6.07) is 0. The Labute approximate surface area is 44.3 Å². The van der Waals surface area contributed by atoms with Crippen molar-refractivity contribution in [3.63, 3.8) is 0 Å². The van der Waals surface area contributed by atoms with Crippen LogP contribution in [0, 0.1) is 13.8 Å². The van der Waals surface area contributed by atoms with E-state index in [4.69, 9.17) is 0 Å². The molecule has 1 unspecified atom stereocenters. The molecule has 0 aromatic carbocycles. The Bertz CT molecular complexity index is 25.1. The van der Waals surface area contributed by atoms with Crippen LogP contribution in [0.3, 0.4) is 0 Å². The molecule has 0 aromatic rings. The average Bonchev–Trinajstić information content (AvgIpc) is 1.35. The highest BCUT2D eigenvalue weighted by Gasteiger charge is 1.85. The lowest BCUT2D eigenvalue weighted by Gasteiger charge is -1.96. The van der Waals surface area contributed by atoms with Crippen LogP contribution in [0.5, 0.6) is 0 Å². The van der Waals surface area contributed by atoms with Gasteiger partial charge in [-0.05, 0) is 19.6 Å². The molecule has 0 heterocycles. The summed E-state index contributed by atoms with van der Waals surface area (Å²) in [7, 11) is 0. The Morgan fingerprint density at radius 3 is 2.33 bits per heavy atom. The topological polar surface area (TPSA) is 0 Å². The summed E-state index contributed by atoms with van der Waals surface area (Å²) >= 11 is 1.76. The molecule has 0 amide bonds. The van der Waals surface area contributed by atoms with Crippen LogP contribution in [0.4, 0.5) is 0 Å². The van der Waals surface area contributed by atoms with E-state index in [2.05, 4.69) is 20.8 Å². The van der Waals surface area contributed by atoms with Gasteiger partial charge in [0.25, 0.3) is 0 Å². The number of rotatable bonds is 2. The van der Waals surface area contributed by atoms with Crippen molar-refractivity contribution in [1.29, 1.82) is 0 Å². The van der Waals surface area contributed by atoms with E-state index >= 15 is 0 Å². The van der Waals surface area contributed by atoms with E-state index in [-0.39, 0.29) is 0 Å². The lowest BCUT2D eigenvalue weighted by atomic mass is 10.6. The van der Waals surface area contributed by atoms with Gasteiger partial charge in [0, 0.05) is 5.25 Å². The van der Waals surface area contributed by atoms with E-state index in [1.165, 1.54) is 0 Å². The van der Waals surface area contributed by atoms with Crippen LogP contribution in [-0.2, 0) is 0 Å². The summed E-state index contributed by atoms with van der Waals surface area (Å²) in [4.78, 5) is 0. The molecule has 0 aliphatic heterocycles. The molecule has 2 radical (unpaired) electrons. The molecule has 0 saturated carbocycles. The molecule has 0 aliphatic carbocycles. The minimum Gasteiger partial charge on any atom is -0.159 e. The quantitative estimate of drug-likeness (QED) is 0.512. The minimum absolute atomic E-state index is 0.502. The Morgan fingerprint density at radius 2 is 2.33 bits per heavy atom. The van der Waals surface area contributed by atoms with Crippen molar-refractivity contribution in [3.8, 4) is 0 Å². The summed E-state index contributed by atoms with van der Waals surface area (Å²) in [6.07, 6.45) is 0. The third-order valence-electron chi connectivity index (χ3n) is 0.402. The third-order valence-corrected chi connectivity index (χ3v) is 1.21. The van der Waals surface area contributed by atoms with Crippen LogP contribution in [-0.4, -0.2) is 11.0 Å². The predicted octanol–water partition coefficient (Wildman–Crippen LogP) is 1.78. The van der Waals surface area contributed by atoms with Crippen LogP contribution >= 0.6 is 11.8 Å². The molecule has 36 valence electrons. The van der Waals surface area contributed by atoms with Gasteiger partial charge in [-0.25, -0.2) is 0 Å². The van der Waals surface area contributed by atoms with Gasteiger partial charge in [-0.3, -0.25) is 0 Å². The smallest absolute Gasteiger partial charge is 0.00191 e. The van der Waals surface area contributed by atoms with Gasteiger partial charge in [0.2, 0.25) is 0 Å². The monoisotopic (exact) mass is 102 g/mol. The zero-order valence-corrected chi connectivity index (χ0v) is 4.92. The highest BCUT2D eigenvalue weighted by molar-refractivity contribution is 8.00. The molecule has 0 rings (SSSR count). The van der Waals surface area contributed by atoms with Crippen LogP contribution in [0.25, 0.3) is 0 Å². The van der Waals surface area contributed by atoms with Gasteiger partial charge in [0.15, 0.2) is 0 Å². The SMILES string of the molecule is [CH2]CSC([CH2])C. The van der Waals surface area contributed by atoms with Crippen molar-refractivity contribution in [1.82, 2.24) is 0 Å². The number of hydrogen-bond donors (Lipinski definition) is 0. The normalized spacial score (nSPS) is 10.0. The molecule has 0 saturated heterocycles. The second kappa shape index (κ2) is 3.54. The number of hydrogen-bond acceptors (Lipinski definition) is 1. The van der Waals surface area contributed by atoms with E-state index in [9.17, 15) is 0 Å². The Kier molecular flexibility index (Phi) is 3.74. The first-order valence-electron chi connectivity index (χ1n) is 2.01. The lowest BCUT2D eigenvalue weighted by molar-refractivity contribution is 1.25. The first-order valence-corrected chi connectivity index (χ1v) is 3.06. The first kappa shape index (κ1) is 6.35. The highest BCUT2D eigenvalue weighted by atomic mass is 32.2. The van der Waals surface area contributed by atoms with E-state index in [0.717, 1.165) is 5.75 Å². The van der Waals surface area contributed by atoms with Crippen molar-refractivity contribution in [2.45, 2.75) is 12.2 Å². The molecule has 0 bridgehead atoms. The van der Waals surface area contributed by atoms with E-state index in [0.29, 0.717) is 5.25 Å². The van der Waals surface area contributed by atoms with Gasteiger partial charge in [-0.2, -0.15) is 11.8 Å². The molecule has 0 spiro atoms. The van der Waals surface area contributed by atoms with Crippen LogP contribution in [0.1, 0.15) is 6.92 Å². The standard InChI is InChI=1S/C5H10S/c1-4-6-5(2)3/h5H,1-2,4H2,3H3. The van der Waals surface area contributed by atoms with Gasteiger partial charge in [0.1, 0.15) is 0 Å². The average molecular weight is 102 g/mol. The molecule has 0 fully saturated rings. The summed E-state index contributed by atoms with van der Waals surface area (Å²) in [6.45, 7) is 9.47. The molecule has 6 heavy (non-hydrogen) atoms. The van der Waals surface area contributed by atoms with E-state index in [1.54, 1.807) is 11.8 Å². The Balaban J connectivity index is 2.63. The maximum Gasteiger partial charge on any atom is 0.00191 e. The molecular weight excluding hydrogens is 92.1 g/mol. The maximum absolute atomic E-state index is 3.75. The minimum atomic E-state index is 0.502. The van der Waals surface area contributed by atoms with Crippen molar-refractivity contribution >= 4 is 11.8 Å². The summed E-state index contributed by atoms with van der Waals surface area (Å²) < 4.78 is 0. The summed E-state index contributed by atoms with van der Waals surface area (Å²) in [5.41, 5.74) is 0. The Morgan fingerprint density at radius 1 is 1.83 bits per heavy atom. The largest absolute Gasteiger partial charge is 0.159 e. The van der Waals surface area contributed by atoms with Crippen LogP contribution in [0.15, 0.2) is 0 Å². The van der Waals surface area contributed by atoms with Crippen molar-refractivity contribution in [2.75, 3.05) is 5.75 Å². The van der Waals surface area contributed by atoms with Crippen LogP contribution < -0.4 is 0 Å². The fraction of sp³-hybridized carbons (Fsp3) is 0.600. The van der Waals surface area contributed by atoms with Crippen molar-refractivity contribution in [2.24, 2.45) is 0 Å². The van der Waals surface area contributed by atoms with E-state index in [1.807, 2.05) is 0 Å². The number of thioether (sulfide) groups is 1. The van der Waals surface area contributed by atoms with E-state index < -0.39 is 0 Å². The van der Waals surface area contributed by atoms with Gasteiger partial charge in [0.05, 0.1) is 0 Å². The molecule has 1 heteroatoms. The zero-order valence-electron chi connectivity index (χ0n) is 4.11. The maximum atomic E-state index is 3.75. The van der Waals surface area contributed by atoms with Gasteiger partial charge in [-0.15, -0.1) is 0 Å². The zero-order chi connectivity index (χ0) is 4.99. The molecule has 0 aliphatic rings. The second-order valence-corrected chi connectivity index (χ2v) is 2.73. The molecule has 0 nitrogen and oxygen atoms in total. The van der Waals surface area contributed by atoms with Gasteiger partial charge < -0.3 is 0 Å².